The van der Waals surface area contributed by atoms with Gasteiger partial charge in [-0.1, -0.05) is 13.8 Å². The maximum absolute atomic E-state index is 2.57. The molecule has 0 N–H and O–H groups in total. The first kappa shape index (κ1) is 7.60. The van der Waals surface area contributed by atoms with E-state index >= 15 is 0 Å². The van der Waals surface area contributed by atoms with Crippen LogP contribution >= 0.6 is 0 Å². The van der Waals surface area contributed by atoms with Crippen LogP contribution in [0.15, 0.2) is 0 Å². The molecule has 0 amide bonds. The van der Waals surface area contributed by atoms with Crippen molar-refractivity contribution in [1.29, 1.82) is 0 Å². The molecule has 1 heterocycles. The summed E-state index contributed by atoms with van der Waals surface area (Å²) >= 11 is 0. The van der Waals surface area contributed by atoms with Gasteiger partial charge in [-0.3, -0.25) is 0 Å². The second-order valence-corrected chi connectivity index (χ2v) is 4.75. The predicted octanol–water partition coefficient (Wildman–Crippen LogP) is 1.98. The Labute approximate surface area is 69.8 Å². The third-order valence-electron chi connectivity index (χ3n) is 3.64. The summed E-state index contributed by atoms with van der Waals surface area (Å²) in [6.07, 6.45) is 2.99. The number of hydrogen-bond acceptors (Lipinski definition) is 1. The molecule has 0 spiro atoms. The quantitative estimate of drug-likeness (QED) is 0.557. The average molecular weight is 153 g/mol. The highest BCUT2D eigenvalue weighted by atomic mass is 15.2. The fourth-order valence-corrected chi connectivity index (χ4v) is 3.07. The number of hydrogen-bond donors (Lipinski definition) is 0. The monoisotopic (exact) mass is 153 g/mol. The highest BCUT2D eigenvalue weighted by Gasteiger charge is 2.43. The molecule has 2 aliphatic rings. The third-order valence-corrected chi connectivity index (χ3v) is 3.64. The van der Waals surface area contributed by atoms with Gasteiger partial charge in [0.25, 0.3) is 0 Å². The molecule has 11 heavy (non-hydrogen) atoms. The van der Waals surface area contributed by atoms with E-state index in [0.717, 1.165) is 23.8 Å². The van der Waals surface area contributed by atoms with Gasteiger partial charge in [0.1, 0.15) is 0 Å². The van der Waals surface area contributed by atoms with E-state index in [1.807, 2.05) is 0 Å². The zero-order chi connectivity index (χ0) is 8.01. The van der Waals surface area contributed by atoms with Crippen molar-refractivity contribution < 1.29 is 0 Å². The lowest BCUT2D eigenvalue weighted by atomic mass is 9.88. The summed E-state index contributed by atoms with van der Waals surface area (Å²) in [6, 6.07) is 0.931. The van der Waals surface area contributed by atoms with Crippen LogP contribution in [0.5, 0.6) is 0 Å². The SMILES string of the molecule is CC(C)C1CC2CC1N(C)C2. The number of piperidine rings is 1. The molecule has 1 heteroatoms. The van der Waals surface area contributed by atoms with Crippen molar-refractivity contribution >= 4 is 0 Å². The average Bonchev–Trinajstić information content (AvgIpc) is 2.43. The Kier molecular flexibility index (Phi) is 1.71. The lowest BCUT2D eigenvalue weighted by Gasteiger charge is -2.32. The van der Waals surface area contributed by atoms with E-state index in [9.17, 15) is 0 Å². The molecule has 3 unspecified atom stereocenters. The highest BCUT2D eigenvalue weighted by molar-refractivity contribution is 4.97. The number of likely N-dealkylation sites (tertiary alicyclic amines) is 1. The Morgan fingerprint density at radius 2 is 2.00 bits per heavy atom. The van der Waals surface area contributed by atoms with Crippen LogP contribution < -0.4 is 0 Å². The van der Waals surface area contributed by atoms with Crippen LogP contribution in [-0.2, 0) is 0 Å². The van der Waals surface area contributed by atoms with Gasteiger partial charge in [0.2, 0.25) is 0 Å². The molecule has 2 fully saturated rings. The van der Waals surface area contributed by atoms with E-state index in [1.54, 1.807) is 0 Å². The van der Waals surface area contributed by atoms with Gasteiger partial charge in [-0.05, 0) is 37.6 Å². The molecule has 0 aromatic rings. The fraction of sp³-hybridized carbons (Fsp3) is 1.00. The van der Waals surface area contributed by atoms with Gasteiger partial charge in [-0.2, -0.15) is 0 Å². The van der Waals surface area contributed by atoms with E-state index in [-0.39, 0.29) is 0 Å². The molecule has 1 saturated heterocycles. The minimum atomic E-state index is 0.896. The van der Waals surface area contributed by atoms with Crippen LogP contribution in [0.1, 0.15) is 26.7 Å². The molecular weight excluding hydrogens is 134 g/mol. The van der Waals surface area contributed by atoms with Crippen molar-refractivity contribution in [2.45, 2.75) is 32.7 Å². The first-order valence-corrected chi connectivity index (χ1v) is 4.88. The number of rotatable bonds is 1. The Bertz CT molecular complexity index is 153. The summed E-state index contributed by atoms with van der Waals surface area (Å²) in [7, 11) is 2.29. The summed E-state index contributed by atoms with van der Waals surface area (Å²) < 4.78 is 0. The summed E-state index contributed by atoms with van der Waals surface area (Å²) in [6.45, 7) is 6.12. The van der Waals surface area contributed by atoms with Crippen molar-refractivity contribution in [1.82, 2.24) is 4.90 Å². The highest BCUT2D eigenvalue weighted by Crippen LogP contribution is 2.43. The second kappa shape index (κ2) is 2.48. The molecule has 0 aromatic carbocycles. The Morgan fingerprint density at radius 3 is 2.36 bits per heavy atom. The van der Waals surface area contributed by atoms with Crippen molar-refractivity contribution in [2.75, 3.05) is 13.6 Å². The maximum Gasteiger partial charge on any atom is 0.0126 e. The van der Waals surface area contributed by atoms with Crippen molar-refractivity contribution in [3.05, 3.63) is 0 Å². The lowest BCUT2D eigenvalue weighted by Crippen LogP contribution is -2.37. The van der Waals surface area contributed by atoms with Crippen molar-refractivity contribution in [3.8, 4) is 0 Å². The minimum Gasteiger partial charge on any atom is -0.303 e. The van der Waals surface area contributed by atoms with Crippen LogP contribution in [0.3, 0.4) is 0 Å². The third kappa shape index (κ3) is 1.10. The molecule has 1 saturated carbocycles. The Morgan fingerprint density at radius 1 is 1.27 bits per heavy atom. The Balaban J connectivity index is 2.06. The van der Waals surface area contributed by atoms with Gasteiger partial charge in [0.15, 0.2) is 0 Å². The standard InChI is InChI=1S/C10H19N/c1-7(2)9-4-8-5-10(9)11(3)6-8/h7-10H,4-6H2,1-3H3. The van der Waals surface area contributed by atoms with E-state index in [2.05, 4.69) is 25.8 Å². The zero-order valence-electron chi connectivity index (χ0n) is 7.88. The van der Waals surface area contributed by atoms with Gasteiger partial charge in [-0.15, -0.1) is 0 Å². The Hall–Kier alpha value is -0.0400. The van der Waals surface area contributed by atoms with Crippen LogP contribution in [0.25, 0.3) is 0 Å². The first-order valence-electron chi connectivity index (χ1n) is 4.88. The van der Waals surface area contributed by atoms with Crippen molar-refractivity contribution in [2.24, 2.45) is 17.8 Å². The molecule has 2 bridgehead atoms. The fourth-order valence-electron chi connectivity index (χ4n) is 3.07. The second-order valence-electron chi connectivity index (χ2n) is 4.75. The van der Waals surface area contributed by atoms with Crippen LogP contribution in [0.2, 0.25) is 0 Å². The van der Waals surface area contributed by atoms with Gasteiger partial charge in [-0.25, -0.2) is 0 Å². The van der Waals surface area contributed by atoms with Gasteiger partial charge in [0, 0.05) is 12.6 Å². The molecule has 2 rings (SSSR count). The minimum absolute atomic E-state index is 0.896. The van der Waals surface area contributed by atoms with Crippen LogP contribution in [0, 0.1) is 17.8 Å². The van der Waals surface area contributed by atoms with Crippen LogP contribution in [-0.4, -0.2) is 24.5 Å². The summed E-state index contributed by atoms with van der Waals surface area (Å²) in [5, 5.41) is 0. The molecular formula is C10H19N. The van der Waals surface area contributed by atoms with E-state index in [4.69, 9.17) is 0 Å². The molecule has 1 nitrogen and oxygen atoms in total. The molecule has 1 aliphatic carbocycles. The van der Waals surface area contributed by atoms with Crippen LogP contribution in [0.4, 0.5) is 0 Å². The normalized spacial score (nSPS) is 44.2. The van der Waals surface area contributed by atoms with Gasteiger partial charge >= 0.3 is 0 Å². The van der Waals surface area contributed by atoms with E-state index < -0.39 is 0 Å². The van der Waals surface area contributed by atoms with E-state index in [0.29, 0.717) is 0 Å². The lowest BCUT2D eigenvalue weighted by molar-refractivity contribution is 0.157. The molecule has 3 atom stereocenters. The summed E-state index contributed by atoms with van der Waals surface area (Å²) in [5.41, 5.74) is 0. The predicted molar refractivity (Wildman–Crippen MR) is 47.5 cm³/mol. The molecule has 1 aliphatic heterocycles. The number of fused-ring (bicyclic) bond motifs is 2. The summed E-state index contributed by atoms with van der Waals surface area (Å²) in [5.74, 6) is 2.93. The molecule has 0 aromatic heterocycles. The van der Waals surface area contributed by atoms with Gasteiger partial charge in [0.05, 0.1) is 0 Å². The smallest absolute Gasteiger partial charge is 0.0126 e. The summed E-state index contributed by atoms with van der Waals surface area (Å²) in [4.78, 5) is 2.57. The largest absolute Gasteiger partial charge is 0.303 e. The molecule has 0 radical (unpaired) electrons. The van der Waals surface area contributed by atoms with Gasteiger partial charge < -0.3 is 4.90 Å². The first-order chi connectivity index (χ1) is 5.18. The van der Waals surface area contributed by atoms with Crippen molar-refractivity contribution in [3.63, 3.8) is 0 Å². The molecule has 64 valence electrons. The number of nitrogens with zero attached hydrogens (tertiary/aromatic N) is 1. The zero-order valence-corrected chi connectivity index (χ0v) is 7.88. The van der Waals surface area contributed by atoms with E-state index in [1.165, 1.54) is 19.4 Å². The maximum atomic E-state index is 2.57. The topological polar surface area (TPSA) is 3.24 Å².